The highest BCUT2D eigenvalue weighted by molar-refractivity contribution is 5.77. The van der Waals surface area contributed by atoms with Gasteiger partial charge in [0.25, 0.3) is 0 Å². The SMILES string of the molecule is CCCn1c(Cc2cccc(N)c2)nc2cc(C)ccc21. The zero-order valence-corrected chi connectivity index (χ0v) is 12.6. The van der Waals surface area contributed by atoms with Crippen molar-refractivity contribution < 1.29 is 0 Å². The number of rotatable bonds is 4. The van der Waals surface area contributed by atoms with Gasteiger partial charge in [0.15, 0.2) is 0 Å². The number of nitrogens with two attached hydrogens (primary N) is 1. The molecule has 3 aromatic rings. The molecule has 0 fully saturated rings. The fourth-order valence-corrected chi connectivity index (χ4v) is 2.78. The summed E-state index contributed by atoms with van der Waals surface area (Å²) in [6.45, 7) is 5.30. The molecule has 0 saturated carbocycles. The Kier molecular flexibility index (Phi) is 3.65. The zero-order valence-electron chi connectivity index (χ0n) is 12.6. The van der Waals surface area contributed by atoms with Gasteiger partial charge in [-0.3, -0.25) is 0 Å². The van der Waals surface area contributed by atoms with Gasteiger partial charge in [-0.05, 0) is 48.7 Å². The lowest BCUT2D eigenvalue weighted by atomic mass is 10.1. The first-order valence-corrected chi connectivity index (χ1v) is 7.47. The molecule has 1 aromatic heterocycles. The summed E-state index contributed by atoms with van der Waals surface area (Å²) < 4.78 is 2.33. The van der Waals surface area contributed by atoms with E-state index in [9.17, 15) is 0 Å². The van der Waals surface area contributed by atoms with E-state index in [0.29, 0.717) is 0 Å². The second-order valence-electron chi connectivity index (χ2n) is 5.59. The Morgan fingerprint density at radius 3 is 2.76 bits per heavy atom. The molecule has 0 atom stereocenters. The average Bonchev–Trinajstić information content (AvgIpc) is 2.76. The Hall–Kier alpha value is -2.29. The summed E-state index contributed by atoms with van der Waals surface area (Å²) in [5.41, 5.74) is 11.4. The minimum atomic E-state index is 0.807. The van der Waals surface area contributed by atoms with Crippen molar-refractivity contribution >= 4 is 16.7 Å². The number of aryl methyl sites for hydroxylation is 2. The standard InChI is InChI=1S/C18H21N3/c1-3-9-21-17-8-7-13(2)10-16(17)20-18(21)12-14-5-4-6-15(19)11-14/h4-8,10-11H,3,9,12,19H2,1-2H3. The summed E-state index contributed by atoms with van der Waals surface area (Å²) in [4.78, 5) is 4.84. The number of fused-ring (bicyclic) bond motifs is 1. The van der Waals surface area contributed by atoms with E-state index < -0.39 is 0 Å². The first-order valence-electron chi connectivity index (χ1n) is 7.47. The van der Waals surface area contributed by atoms with Crippen molar-refractivity contribution in [3.05, 3.63) is 59.4 Å². The molecule has 0 aliphatic carbocycles. The smallest absolute Gasteiger partial charge is 0.114 e. The maximum Gasteiger partial charge on any atom is 0.114 e. The van der Waals surface area contributed by atoms with Crippen LogP contribution in [0.5, 0.6) is 0 Å². The van der Waals surface area contributed by atoms with E-state index in [0.717, 1.165) is 36.4 Å². The molecule has 108 valence electrons. The highest BCUT2D eigenvalue weighted by Gasteiger charge is 2.11. The van der Waals surface area contributed by atoms with Crippen LogP contribution in [0.25, 0.3) is 11.0 Å². The highest BCUT2D eigenvalue weighted by Crippen LogP contribution is 2.21. The van der Waals surface area contributed by atoms with Gasteiger partial charge in [0.2, 0.25) is 0 Å². The van der Waals surface area contributed by atoms with Crippen LogP contribution in [0.2, 0.25) is 0 Å². The number of benzene rings is 2. The molecule has 1 heterocycles. The molecule has 0 unspecified atom stereocenters. The van der Waals surface area contributed by atoms with Gasteiger partial charge in [-0.1, -0.05) is 25.1 Å². The predicted molar refractivity (Wildman–Crippen MR) is 88.4 cm³/mol. The van der Waals surface area contributed by atoms with E-state index in [1.165, 1.54) is 16.6 Å². The van der Waals surface area contributed by atoms with E-state index in [1.807, 2.05) is 18.2 Å². The predicted octanol–water partition coefficient (Wildman–Crippen LogP) is 3.93. The Morgan fingerprint density at radius 2 is 2.00 bits per heavy atom. The summed E-state index contributed by atoms with van der Waals surface area (Å²) in [6.07, 6.45) is 1.92. The molecule has 0 radical (unpaired) electrons. The van der Waals surface area contributed by atoms with Crippen molar-refractivity contribution in [3.8, 4) is 0 Å². The molecular formula is C18H21N3. The van der Waals surface area contributed by atoms with Gasteiger partial charge < -0.3 is 10.3 Å². The van der Waals surface area contributed by atoms with Crippen LogP contribution in [0.1, 0.15) is 30.3 Å². The third kappa shape index (κ3) is 2.77. The number of nitrogen functional groups attached to an aromatic ring is 1. The fraction of sp³-hybridized carbons (Fsp3) is 0.278. The molecule has 2 N–H and O–H groups in total. The third-order valence-electron chi connectivity index (χ3n) is 3.74. The molecule has 2 aromatic carbocycles. The summed E-state index contributed by atoms with van der Waals surface area (Å²) in [5, 5.41) is 0. The van der Waals surface area contributed by atoms with Crippen LogP contribution in [0.3, 0.4) is 0 Å². The number of hydrogen-bond donors (Lipinski definition) is 1. The van der Waals surface area contributed by atoms with Crippen LogP contribution < -0.4 is 5.73 Å². The first-order chi connectivity index (χ1) is 10.2. The fourth-order valence-electron chi connectivity index (χ4n) is 2.78. The van der Waals surface area contributed by atoms with Crippen LogP contribution in [0.4, 0.5) is 5.69 Å². The first kappa shape index (κ1) is 13.7. The molecule has 0 amide bonds. The topological polar surface area (TPSA) is 43.8 Å². The summed E-state index contributed by atoms with van der Waals surface area (Å²) in [6, 6.07) is 14.5. The molecule has 21 heavy (non-hydrogen) atoms. The molecule has 0 spiro atoms. The van der Waals surface area contributed by atoms with E-state index in [1.54, 1.807) is 0 Å². The van der Waals surface area contributed by atoms with Crippen molar-refractivity contribution in [3.63, 3.8) is 0 Å². The largest absolute Gasteiger partial charge is 0.399 e. The van der Waals surface area contributed by atoms with Crippen LogP contribution in [0, 0.1) is 6.92 Å². The minimum Gasteiger partial charge on any atom is -0.399 e. The van der Waals surface area contributed by atoms with Gasteiger partial charge in [0, 0.05) is 18.7 Å². The lowest BCUT2D eigenvalue weighted by Crippen LogP contribution is -2.04. The van der Waals surface area contributed by atoms with Gasteiger partial charge in [-0.25, -0.2) is 4.98 Å². The normalized spacial score (nSPS) is 11.1. The van der Waals surface area contributed by atoms with Gasteiger partial charge in [0.05, 0.1) is 11.0 Å². The van der Waals surface area contributed by atoms with Gasteiger partial charge >= 0.3 is 0 Å². The van der Waals surface area contributed by atoms with Crippen molar-refractivity contribution in [2.24, 2.45) is 0 Å². The molecule has 3 rings (SSSR count). The Morgan fingerprint density at radius 1 is 1.14 bits per heavy atom. The van der Waals surface area contributed by atoms with Crippen LogP contribution in [0.15, 0.2) is 42.5 Å². The Balaban J connectivity index is 2.06. The zero-order chi connectivity index (χ0) is 14.8. The lowest BCUT2D eigenvalue weighted by Gasteiger charge is -2.08. The van der Waals surface area contributed by atoms with E-state index in [2.05, 4.69) is 42.7 Å². The second-order valence-corrected chi connectivity index (χ2v) is 5.59. The monoisotopic (exact) mass is 279 g/mol. The van der Waals surface area contributed by atoms with E-state index >= 15 is 0 Å². The molecule has 0 aliphatic rings. The Bertz CT molecular complexity index is 771. The van der Waals surface area contributed by atoms with Crippen molar-refractivity contribution in [2.45, 2.75) is 33.2 Å². The van der Waals surface area contributed by atoms with Crippen molar-refractivity contribution in [2.75, 3.05) is 5.73 Å². The molecule has 3 nitrogen and oxygen atoms in total. The number of hydrogen-bond acceptors (Lipinski definition) is 2. The van der Waals surface area contributed by atoms with Crippen molar-refractivity contribution in [1.29, 1.82) is 0 Å². The summed E-state index contributed by atoms with van der Waals surface area (Å²) >= 11 is 0. The van der Waals surface area contributed by atoms with Crippen LogP contribution in [-0.2, 0) is 13.0 Å². The molecule has 0 saturated heterocycles. The van der Waals surface area contributed by atoms with Gasteiger partial charge in [-0.2, -0.15) is 0 Å². The number of imidazole rings is 1. The summed E-state index contributed by atoms with van der Waals surface area (Å²) in [7, 11) is 0. The second kappa shape index (κ2) is 5.60. The van der Waals surface area contributed by atoms with Crippen LogP contribution in [-0.4, -0.2) is 9.55 Å². The van der Waals surface area contributed by atoms with Gasteiger partial charge in [0.1, 0.15) is 5.82 Å². The van der Waals surface area contributed by atoms with E-state index in [4.69, 9.17) is 10.7 Å². The minimum absolute atomic E-state index is 0.807. The van der Waals surface area contributed by atoms with E-state index in [-0.39, 0.29) is 0 Å². The third-order valence-corrected chi connectivity index (χ3v) is 3.74. The molecule has 3 heteroatoms. The maximum absolute atomic E-state index is 5.88. The number of aromatic nitrogens is 2. The van der Waals surface area contributed by atoms with Gasteiger partial charge in [-0.15, -0.1) is 0 Å². The molecule has 0 bridgehead atoms. The number of nitrogens with zero attached hydrogens (tertiary/aromatic N) is 2. The summed E-state index contributed by atoms with van der Waals surface area (Å²) in [5.74, 6) is 1.11. The highest BCUT2D eigenvalue weighted by atomic mass is 15.1. The number of anilines is 1. The molecule has 0 aliphatic heterocycles. The quantitative estimate of drug-likeness (QED) is 0.735. The Labute approximate surface area is 125 Å². The van der Waals surface area contributed by atoms with Crippen molar-refractivity contribution in [1.82, 2.24) is 9.55 Å². The average molecular weight is 279 g/mol. The molecular weight excluding hydrogens is 258 g/mol. The van der Waals surface area contributed by atoms with Crippen LogP contribution >= 0.6 is 0 Å². The maximum atomic E-state index is 5.88. The lowest BCUT2D eigenvalue weighted by molar-refractivity contribution is 0.664.